The number of aromatic nitrogens is 6. The van der Waals surface area contributed by atoms with Crippen molar-refractivity contribution in [3.05, 3.63) is 48.8 Å². The van der Waals surface area contributed by atoms with Crippen LogP contribution in [-0.4, -0.2) is 30.4 Å². The van der Waals surface area contributed by atoms with E-state index in [0.717, 1.165) is 33.8 Å². The number of para-hydroxylation sites is 2. The SMILES string of the molecule is c1ccc2nc(-c3ccn[nH]3)c(-c3ccn[nH]3)nc2c1. The number of hydrogen-bond donors (Lipinski definition) is 2. The van der Waals surface area contributed by atoms with Crippen LogP contribution < -0.4 is 0 Å². The summed E-state index contributed by atoms with van der Waals surface area (Å²) in [6, 6.07) is 11.5. The van der Waals surface area contributed by atoms with Crippen LogP contribution in [0.2, 0.25) is 0 Å². The highest BCUT2D eigenvalue weighted by atomic mass is 15.1. The molecule has 0 saturated carbocycles. The van der Waals surface area contributed by atoms with Gasteiger partial charge in [0.2, 0.25) is 0 Å². The Bertz CT molecular complexity index is 776. The lowest BCUT2D eigenvalue weighted by atomic mass is 10.1. The van der Waals surface area contributed by atoms with Gasteiger partial charge < -0.3 is 0 Å². The molecule has 3 heterocycles. The van der Waals surface area contributed by atoms with Gasteiger partial charge in [-0.2, -0.15) is 10.2 Å². The summed E-state index contributed by atoms with van der Waals surface area (Å²) < 4.78 is 0. The molecular weight excluding hydrogens is 252 g/mol. The van der Waals surface area contributed by atoms with Gasteiger partial charge in [-0.15, -0.1) is 0 Å². The van der Waals surface area contributed by atoms with Crippen LogP contribution in [0.25, 0.3) is 33.8 Å². The Morgan fingerprint density at radius 2 is 1.15 bits per heavy atom. The maximum atomic E-state index is 4.69. The predicted octanol–water partition coefficient (Wildman–Crippen LogP) is 2.41. The molecule has 0 saturated heterocycles. The van der Waals surface area contributed by atoms with Gasteiger partial charge in [0, 0.05) is 12.4 Å². The molecule has 0 amide bonds. The second-order valence-electron chi connectivity index (χ2n) is 4.35. The van der Waals surface area contributed by atoms with Crippen LogP contribution in [0, 0.1) is 0 Å². The minimum Gasteiger partial charge on any atom is -0.276 e. The van der Waals surface area contributed by atoms with E-state index in [4.69, 9.17) is 9.97 Å². The van der Waals surface area contributed by atoms with Crippen LogP contribution in [0.15, 0.2) is 48.8 Å². The minimum atomic E-state index is 0.755. The van der Waals surface area contributed by atoms with Crippen LogP contribution in [0.4, 0.5) is 0 Å². The van der Waals surface area contributed by atoms with Crippen molar-refractivity contribution in [2.24, 2.45) is 0 Å². The van der Waals surface area contributed by atoms with Gasteiger partial charge in [0.25, 0.3) is 0 Å². The van der Waals surface area contributed by atoms with E-state index in [1.807, 2.05) is 36.4 Å². The number of H-pyrrole nitrogens is 2. The van der Waals surface area contributed by atoms with Gasteiger partial charge in [-0.25, -0.2) is 9.97 Å². The Morgan fingerprint density at radius 1 is 0.650 bits per heavy atom. The molecule has 0 unspecified atom stereocenters. The molecule has 0 fully saturated rings. The molecule has 1 aromatic carbocycles. The van der Waals surface area contributed by atoms with E-state index in [0.29, 0.717) is 0 Å². The van der Waals surface area contributed by atoms with Gasteiger partial charge in [0.05, 0.1) is 22.4 Å². The van der Waals surface area contributed by atoms with Gasteiger partial charge in [-0.1, -0.05) is 12.1 Å². The van der Waals surface area contributed by atoms with Gasteiger partial charge in [0.15, 0.2) is 0 Å². The van der Waals surface area contributed by atoms with E-state index in [9.17, 15) is 0 Å². The molecule has 0 aliphatic carbocycles. The van der Waals surface area contributed by atoms with Crippen molar-refractivity contribution in [2.45, 2.75) is 0 Å². The monoisotopic (exact) mass is 262 g/mol. The third-order valence-corrected chi connectivity index (χ3v) is 3.08. The number of benzene rings is 1. The van der Waals surface area contributed by atoms with Crippen molar-refractivity contribution in [3.63, 3.8) is 0 Å². The van der Waals surface area contributed by atoms with Crippen LogP contribution in [0.1, 0.15) is 0 Å². The highest BCUT2D eigenvalue weighted by Crippen LogP contribution is 2.28. The molecule has 0 aliphatic heterocycles. The van der Waals surface area contributed by atoms with E-state index in [2.05, 4.69) is 20.4 Å². The maximum Gasteiger partial charge on any atom is 0.117 e. The van der Waals surface area contributed by atoms with E-state index in [-0.39, 0.29) is 0 Å². The lowest BCUT2D eigenvalue weighted by molar-refractivity contribution is 1.07. The zero-order valence-corrected chi connectivity index (χ0v) is 10.4. The molecule has 4 rings (SSSR count). The summed E-state index contributed by atoms with van der Waals surface area (Å²) in [7, 11) is 0. The summed E-state index contributed by atoms with van der Waals surface area (Å²) in [5.41, 5.74) is 4.86. The molecule has 20 heavy (non-hydrogen) atoms. The second kappa shape index (κ2) is 4.27. The quantitative estimate of drug-likeness (QED) is 0.581. The number of fused-ring (bicyclic) bond motifs is 1. The Hall–Kier alpha value is -3.02. The first kappa shape index (κ1) is 10.9. The highest BCUT2D eigenvalue weighted by Gasteiger charge is 2.14. The molecule has 0 radical (unpaired) electrons. The van der Waals surface area contributed by atoms with Gasteiger partial charge in [0.1, 0.15) is 11.4 Å². The molecule has 0 spiro atoms. The number of nitrogens with zero attached hydrogens (tertiary/aromatic N) is 4. The molecule has 0 bridgehead atoms. The van der Waals surface area contributed by atoms with Crippen molar-refractivity contribution in [1.82, 2.24) is 30.4 Å². The van der Waals surface area contributed by atoms with E-state index in [1.54, 1.807) is 12.4 Å². The Labute approximate surface area is 113 Å². The molecule has 96 valence electrons. The van der Waals surface area contributed by atoms with Crippen molar-refractivity contribution in [2.75, 3.05) is 0 Å². The van der Waals surface area contributed by atoms with Gasteiger partial charge in [-0.05, 0) is 24.3 Å². The molecule has 0 aliphatic rings. The number of nitrogens with one attached hydrogen (secondary N) is 2. The third kappa shape index (κ3) is 1.66. The van der Waals surface area contributed by atoms with Crippen LogP contribution in [0.3, 0.4) is 0 Å². The number of rotatable bonds is 2. The molecule has 3 aromatic heterocycles. The van der Waals surface area contributed by atoms with Crippen molar-refractivity contribution < 1.29 is 0 Å². The predicted molar refractivity (Wildman–Crippen MR) is 74.7 cm³/mol. The fourth-order valence-corrected chi connectivity index (χ4v) is 2.15. The standard InChI is InChI=1S/C14H10N6/c1-2-4-10-9(3-1)17-13(11-5-7-15-19-11)14(18-10)12-6-8-16-20-12/h1-8H,(H,15,19)(H,16,20). The summed E-state index contributed by atoms with van der Waals surface area (Å²) in [5.74, 6) is 0. The lowest BCUT2D eigenvalue weighted by Gasteiger charge is -2.06. The summed E-state index contributed by atoms with van der Waals surface area (Å²) in [6.45, 7) is 0. The van der Waals surface area contributed by atoms with Crippen LogP contribution in [-0.2, 0) is 0 Å². The second-order valence-corrected chi connectivity index (χ2v) is 4.35. The topological polar surface area (TPSA) is 83.1 Å². The Morgan fingerprint density at radius 3 is 1.55 bits per heavy atom. The summed E-state index contributed by atoms with van der Waals surface area (Å²) in [6.07, 6.45) is 3.39. The summed E-state index contributed by atoms with van der Waals surface area (Å²) in [4.78, 5) is 9.38. The van der Waals surface area contributed by atoms with Gasteiger partial charge >= 0.3 is 0 Å². The molecule has 2 N–H and O–H groups in total. The zero-order chi connectivity index (χ0) is 13.4. The lowest BCUT2D eigenvalue weighted by Crippen LogP contribution is -1.96. The molecular formula is C14H10N6. The average Bonchev–Trinajstić information content (AvgIpc) is 3.19. The third-order valence-electron chi connectivity index (χ3n) is 3.08. The molecule has 6 heteroatoms. The first-order chi connectivity index (χ1) is 9.92. The number of aromatic amines is 2. The van der Waals surface area contributed by atoms with Gasteiger partial charge in [-0.3, -0.25) is 10.2 Å². The fourth-order valence-electron chi connectivity index (χ4n) is 2.15. The maximum absolute atomic E-state index is 4.69. The van der Waals surface area contributed by atoms with Crippen LogP contribution >= 0.6 is 0 Å². The van der Waals surface area contributed by atoms with Crippen LogP contribution in [0.5, 0.6) is 0 Å². The zero-order valence-electron chi connectivity index (χ0n) is 10.4. The van der Waals surface area contributed by atoms with Crippen molar-refractivity contribution >= 4 is 11.0 Å². The smallest absolute Gasteiger partial charge is 0.117 e. The molecule has 0 atom stereocenters. The van der Waals surface area contributed by atoms with E-state index < -0.39 is 0 Å². The largest absolute Gasteiger partial charge is 0.276 e. The number of hydrogen-bond acceptors (Lipinski definition) is 4. The normalized spacial score (nSPS) is 11.0. The first-order valence-electron chi connectivity index (χ1n) is 6.18. The summed E-state index contributed by atoms with van der Waals surface area (Å²) in [5, 5.41) is 13.8. The Balaban J connectivity index is 2.06. The van der Waals surface area contributed by atoms with E-state index in [1.165, 1.54) is 0 Å². The average molecular weight is 262 g/mol. The molecule has 6 nitrogen and oxygen atoms in total. The van der Waals surface area contributed by atoms with E-state index >= 15 is 0 Å². The first-order valence-corrected chi connectivity index (χ1v) is 6.18. The molecule has 4 aromatic rings. The van der Waals surface area contributed by atoms with Crippen molar-refractivity contribution in [3.8, 4) is 22.8 Å². The minimum absolute atomic E-state index is 0.755. The van der Waals surface area contributed by atoms with Crippen molar-refractivity contribution in [1.29, 1.82) is 0 Å². The fraction of sp³-hybridized carbons (Fsp3) is 0. The highest BCUT2D eigenvalue weighted by molar-refractivity contribution is 5.84. The summed E-state index contributed by atoms with van der Waals surface area (Å²) >= 11 is 0. The Kier molecular flexibility index (Phi) is 2.32.